The van der Waals surface area contributed by atoms with Crippen LogP contribution in [0.1, 0.15) is 51.5 Å². The molecule has 6 heteroatoms. The van der Waals surface area contributed by atoms with Crippen molar-refractivity contribution in [2.75, 3.05) is 6.54 Å². The maximum absolute atomic E-state index is 11.9. The van der Waals surface area contributed by atoms with Gasteiger partial charge in [0.2, 0.25) is 11.8 Å². The Morgan fingerprint density at radius 3 is 2.38 bits per heavy atom. The fraction of sp³-hybridized carbons (Fsp3) is 0.600. The smallest absolute Gasteiger partial charge is 0.239 e. The van der Waals surface area contributed by atoms with E-state index in [9.17, 15) is 9.59 Å². The van der Waals surface area contributed by atoms with Crippen molar-refractivity contribution < 1.29 is 14.3 Å². The Hall–Kier alpha value is -2.08. The summed E-state index contributed by atoms with van der Waals surface area (Å²) in [7, 11) is 0. The third kappa shape index (κ3) is 6.67. The van der Waals surface area contributed by atoms with E-state index < -0.39 is 6.04 Å². The first-order valence-corrected chi connectivity index (χ1v) is 9.51. The molecule has 1 aliphatic carbocycles. The van der Waals surface area contributed by atoms with Crippen LogP contribution < -0.4 is 21.1 Å². The lowest BCUT2D eigenvalue weighted by Crippen LogP contribution is -2.47. The van der Waals surface area contributed by atoms with Crippen molar-refractivity contribution in [2.45, 2.75) is 64.6 Å². The topological polar surface area (TPSA) is 93.5 Å². The molecule has 4 N–H and O–H groups in total. The van der Waals surface area contributed by atoms with Crippen LogP contribution in [0.15, 0.2) is 24.3 Å². The minimum absolute atomic E-state index is 0.0346. The van der Waals surface area contributed by atoms with Crippen LogP contribution in [0.5, 0.6) is 5.75 Å². The molecule has 1 fully saturated rings. The van der Waals surface area contributed by atoms with Crippen LogP contribution in [-0.4, -0.2) is 30.5 Å². The van der Waals surface area contributed by atoms with Gasteiger partial charge in [0.05, 0.1) is 18.7 Å². The fourth-order valence-corrected chi connectivity index (χ4v) is 2.91. The van der Waals surface area contributed by atoms with Gasteiger partial charge in [0.25, 0.3) is 0 Å². The van der Waals surface area contributed by atoms with Crippen LogP contribution in [0.3, 0.4) is 0 Å². The minimum Gasteiger partial charge on any atom is -0.490 e. The van der Waals surface area contributed by atoms with Crippen LogP contribution >= 0.6 is 0 Å². The summed E-state index contributed by atoms with van der Waals surface area (Å²) in [6.07, 6.45) is 6.38. The quantitative estimate of drug-likeness (QED) is 0.661. The summed E-state index contributed by atoms with van der Waals surface area (Å²) in [5.74, 6) is 0.366. The Kier molecular flexibility index (Phi) is 7.91. The molecule has 1 aromatic carbocycles. The molecule has 2 amide bonds. The zero-order chi connectivity index (χ0) is 18.9. The van der Waals surface area contributed by atoms with E-state index in [2.05, 4.69) is 10.6 Å². The molecule has 0 aliphatic heterocycles. The fourth-order valence-electron chi connectivity index (χ4n) is 2.91. The first-order valence-electron chi connectivity index (χ1n) is 9.51. The molecule has 0 radical (unpaired) electrons. The van der Waals surface area contributed by atoms with Crippen molar-refractivity contribution in [1.29, 1.82) is 0 Å². The predicted molar refractivity (Wildman–Crippen MR) is 102 cm³/mol. The van der Waals surface area contributed by atoms with E-state index in [0.29, 0.717) is 12.6 Å². The van der Waals surface area contributed by atoms with E-state index in [1.54, 1.807) is 0 Å². The Morgan fingerprint density at radius 2 is 1.77 bits per heavy atom. The van der Waals surface area contributed by atoms with Crippen molar-refractivity contribution in [3.8, 4) is 5.75 Å². The van der Waals surface area contributed by atoms with E-state index in [1.807, 2.05) is 38.1 Å². The van der Waals surface area contributed by atoms with Gasteiger partial charge >= 0.3 is 0 Å². The Bertz CT molecular complexity index is 580. The second kappa shape index (κ2) is 10.2. The molecule has 0 aromatic heterocycles. The van der Waals surface area contributed by atoms with Crippen LogP contribution in [0.4, 0.5) is 0 Å². The summed E-state index contributed by atoms with van der Waals surface area (Å²) >= 11 is 0. The summed E-state index contributed by atoms with van der Waals surface area (Å²) in [4.78, 5) is 23.6. The predicted octanol–water partition coefficient (Wildman–Crippen LogP) is 2.11. The van der Waals surface area contributed by atoms with Crippen molar-refractivity contribution in [3.63, 3.8) is 0 Å². The van der Waals surface area contributed by atoms with Crippen molar-refractivity contribution >= 4 is 11.8 Å². The van der Waals surface area contributed by atoms with Crippen molar-refractivity contribution in [3.05, 3.63) is 29.8 Å². The Balaban J connectivity index is 1.70. The molecule has 0 bridgehead atoms. The second-order valence-corrected chi connectivity index (χ2v) is 7.29. The van der Waals surface area contributed by atoms with Crippen LogP contribution in [-0.2, 0) is 16.1 Å². The highest BCUT2D eigenvalue weighted by atomic mass is 16.5. The molecule has 1 atom stereocenters. The van der Waals surface area contributed by atoms with E-state index in [4.69, 9.17) is 10.5 Å². The van der Waals surface area contributed by atoms with E-state index in [-0.39, 0.29) is 24.3 Å². The van der Waals surface area contributed by atoms with Gasteiger partial charge in [-0.05, 0) is 49.3 Å². The van der Waals surface area contributed by atoms with Gasteiger partial charge in [-0.25, -0.2) is 0 Å². The summed E-state index contributed by atoms with van der Waals surface area (Å²) in [6.45, 7) is 4.08. The zero-order valence-corrected chi connectivity index (χ0v) is 15.8. The van der Waals surface area contributed by atoms with Gasteiger partial charge in [-0.2, -0.15) is 0 Å². The lowest BCUT2D eigenvalue weighted by atomic mass is 9.98. The number of hydrogen-bond donors (Lipinski definition) is 3. The van der Waals surface area contributed by atoms with Gasteiger partial charge in [-0.3, -0.25) is 9.59 Å². The molecule has 144 valence electrons. The molecule has 1 saturated carbocycles. The number of amides is 2. The highest BCUT2D eigenvalue weighted by Gasteiger charge is 2.17. The summed E-state index contributed by atoms with van der Waals surface area (Å²) in [6, 6.07) is 7.19. The van der Waals surface area contributed by atoms with Gasteiger partial charge < -0.3 is 21.1 Å². The molecule has 0 unspecified atom stereocenters. The third-order valence-corrected chi connectivity index (χ3v) is 4.71. The number of carbonyl (C=O) groups excluding carboxylic acids is 2. The molecule has 0 spiro atoms. The van der Waals surface area contributed by atoms with Gasteiger partial charge in [0.15, 0.2) is 0 Å². The lowest BCUT2D eigenvalue weighted by Gasteiger charge is -2.23. The Labute approximate surface area is 155 Å². The first kappa shape index (κ1) is 20.2. The molecular formula is C20H31N3O3. The number of nitrogens with one attached hydrogen (secondary N) is 2. The number of nitrogens with two attached hydrogens (primary N) is 1. The monoisotopic (exact) mass is 361 g/mol. The molecule has 1 aliphatic rings. The Morgan fingerprint density at radius 1 is 1.12 bits per heavy atom. The highest BCUT2D eigenvalue weighted by Crippen LogP contribution is 2.23. The molecule has 2 rings (SSSR count). The molecule has 1 aromatic rings. The number of rotatable bonds is 8. The van der Waals surface area contributed by atoms with Crippen LogP contribution in [0.25, 0.3) is 0 Å². The third-order valence-electron chi connectivity index (χ3n) is 4.71. The molecule has 26 heavy (non-hydrogen) atoms. The first-order chi connectivity index (χ1) is 12.5. The van der Waals surface area contributed by atoms with Crippen molar-refractivity contribution in [2.24, 2.45) is 11.7 Å². The molecule has 0 heterocycles. The van der Waals surface area contributed by atoms with Gasteiger partial charge in [0, 0.05) is 6.54 Å². The van der Waals surface area contributed by atoms with E-state index in [0.717, 1.165) is 24.2 Å². The summed E-state index contributed by atoms with van der Waals surface area (Å²) < 4.78 is 6.00. The minimum atomic E-state index is -0.598. The average Bonchev–Trinajstić information content (AvgIpc) is 2.65. The number of ether oxygens (including phenoxy) is 1. The van der Waals surface area contributed by atoms with Crippen LogP contribution in [0, 0.1) is 5.92 Å². The maximum atomic E-state index is 11.9. The maximum Gasteiger partial charge on any atom is 0.239 e. The summed E-state index contributed by atoms with van der Waals surface area (Å²) in [5.41, 5.74) is 6.72. The largest absolute Gasteiger partial charge is 0.490 e. The SMILES string of the molecule is CC(C)[C@H](N)C(=O)NCC(=O)NCc1ccc(OC2CCCCC2)cc1. The summed E-state index contributed by atoms with van der Waals surface area (Å²) in [5, 5.41) is 5.35. The standard InChI is InChI=1S/C20H31N3O3/c1-14(2)19(21)20(25)23-13-18(24)22-12-15-8-10-17(11-9-15)26-16-6-4-3-5-7-16/h8-11,14,16,19H,3-7,12-13,21H2,1-2H3,(H,22,24)(H,23,25)/t19-/m0/s1. The van der Waals surface area contributed by atoms with Gasteiger partial charge in [0.1, 0.15) is 5.75 Å². The molecule has 0 saturated heterocycles. The second-order valence-electron chi connectivity index (χ2n) is 7.29. The number of hydrogen-bond acceptors (Lipinski definition) is 4. The number of benzene rings is 1. The van der Waals surface area contributed by atoms with E-state index in [1.165, 1.54) is 19.3 Å². The van der Waals surface area contributed by atoms with Gasteiger partial charge in [-0.1, -0.05) is 32.4 Å². The van der Waals surface area contributed by atoms with Gasteiger partial charge in [-0.15, -0.1) is 0 Å². The van der Waals surface area contributed by atoms with Crippen LogP contribution in [0.2, 0.25) is 0 Å². The zero-order valence-electron chi connectivity index (χ0n) is 15.8. The normalized spacial score (nSPS) is 16.2. The molecule has 6 nitrogen and oxygen atoms in total. The number of carbonyl (C=O) groups is 2. The average molecular weight is 361 g/mol. The van der Waals surface area contributed by atoms with E-state index >= 15 is 0 Å². The van der Waals surface area contributed by atoms with Crippen molar-refractivity contribution in [1.82, 2.24) is 10.6 Å². The lowest BCUT2D eigenvalue weighted by molar-refractivity contribution is -0.127. The molecular weight excluding hydrogens is 330 g/mol. The highest BCUT2D eigenvalue weighted by molar-refractivity contribution is 5.87.